The molecule has 0 spiro atoms. The van der Waals surface area contributed by atoms with E-state index in [1.807, 2.05) is 6.21 Å². The highest BCUT2D eigenvalue weighted by atomic mass is 16.1. The van der Waals surface area contributed by atoms with Crippen LogP contribution in [0.15, 0.2) is 21.5 Å². The van der Waals surface area contributed by atoms with Gasteiger partial charge < -0.3 is 0 Å². The first-order valence-electron chi connectivity index (χ1n) is 6.91. The Bertz CT molecular complexity index is 643. The minimum absolute atomic E-state index is 0.252. The molecule has 0 aliphatic heterocycles. The molecule has 4 rings (SSSR count). The zero-order valence-corrected chi connectivity index (χ0v) is 12.0. The van der Waals surface area contributed by atoms with Crippen LogP contribution in [0.2, 0.25) is 0 Å². The predicted octanol–water partition coefficient (Wildman–Crippen LogP) is 1.86. The number of aromatic amines is 1. The summed E-state index contributed by atoms with van der Waals surface area (Å²) in [5, 5.41) is 11.7. The number of nitrogens with zero attached hydrogens (tertiary/aromatic N) is 3. The Balaban J connectivity index is 1.68. The van der Waals surface area contributed by atoms with Gasteiger partial charge in [0.1, 0.15) is 5.69 Å². The molecule has 0 aromatic carbocycles. The Morgan fingerprint density at radius 1 is 1.50 bits per heavy atom. The lowest BCUT2D eigenvalue weighted by Crippen LogP contribution is -2.48. The molecule has 106 valence electrons. The first-order valence-corrected chi connectivity index (χ1v) is 6.91. The average molecular weight is 273 g/mol. The van der Waals surface area contributed by atoms with Crippen molar-refractivity contribution in [2.24, 2.45) is 22.4 Å². The van der Waals surface area contributed by atoms with Gasteiger partial charge in [-0.15, -0.1) is 10.2 Å². The number of fused-ring (bicyclic) bond motifs is 1. The number of H-pyrrole nitrogens is 1. The number of nitrogens with one attached hydrogen (secondary N) is 2. The van der Waals surface area contributed by atoms with Crippen molar-refractivity contribution in [3.05, 3.63) is 27.7 Å². The number of hydrazone groups is 1. The number of anilines is 1. The molecule has 2 atom stereocenters. The molecule has 1 saturated carbocycles. The monoisotopic (exact) mass is 273 g/mol. The normalized spacial score (nSPS) is 27.1. The molecule has 0 unspecified atom stereocenters. The fraction of sp³-hybridized carbons (Fsp3) is 0.571. The third-order valence-corrected chi connectivity index (χ3v) is 4.76. The molecule has 1 aromatic rings. The van der Waals surface area contributed by atoms with E-state index in [-0.39, 0.29) is 11.5 Å². The first-order chi connectivity index (χ1) is 9.48. The van der Waals surface area contributed by atoms with E-state index >= 15 is 0 Å². The zero-order valence-electron chi connectivity index (χ0n) is 12.0. The minimum Gasteiger partial charge on any atom is -0.288 e. The smallest absolute Gasteiger partial charge is 0.274 e. The van der Waals surface area contributed by atoms with Gasteiger partial charge in [-0.2, -0.15) is 5.10 Å². The van der Waals surface area contributed by atoms with E-state index in [0.29, 0.717) is 17.0 Å². The number of hydrogen-bond donors (Lipinski definition) is 2. The molecule has 2 bridgehead atoms. The van der Waals surface area contributed by atoms with Crippen molar-refractivity contribution in [2.75, 3.05) is 5.43 Å². The summed E-state index contributed by atoms with van der Waals surface area (Å²) in [5.41, 5.74) is 4.47. The Morgan fingerprint density at radius 2 is 2.30 bits per heavy atom. The molecule has 0 amide bonds. The van der Waals surface area contributed by atoms with Gasteiger partial charge in [0.2, 0.25) is 5.95 Å². The highest BCUT2D eigenvalue weighted by molar-refractivity contribution is 5.81. The van der Waals surface area contributed by atoms with Gasteiger partial charge in [0, 0.05) is 0 Å². The summed E-state index contributed by atoms with van der Waals surface area (Å²) in [7, 11) is 0. The van der Waals surface area contributed by atoms with E-state index in [1.165, 1.54) is 12.0 Å². The Hall–Kier alpha value is -1.98. The molecule has 1 heterocycles. The molecule has 2 N–H and O–H groups in total. The molecule has 1 aromatic heterocycles. The lowest BCUT2D eigenvalue weighted by molar-refractivity contribution is -0.00124. The van der Waals surface area contributed by atoms with Gasteiger partial charge in [-0.1, -0.05) is 19.9 Å². The molecular formula is C14H19N5O. The van der Waals surface area contributed by atoms with Crippen LogP contribution in [0, 0.1) is 24.2 Å². The van der Waals surface area contributed by atoms with Gasteiger partial charge in [-0.3, -0.25) is 9.78 Å². The van der Waals surface area contributed by atoms with Crippen LogP contribution in [-0.4, -0.2) is 21.4 Å². The largest absolute Gasteiger partial charge is 0.288 e. The summed E-state index contributed by atoms with van der Waals surface area (Å²) in [6.07, 6.45) is 6.48. The van der Waals surface area contributed by atoms with Crippen molar-refractivity contribution in [2.45, 2.75) is 33.6 Å². The van der Waals surface area contributed by atoms with Crippen LogP contribution >= 0.6 is 0 Å². The fourth-order valence-corrected chi connectivity index (χ4v) is 3.16. The van der Waals surface area contributed by atoms with Gasteiger partial charge in [0.05, 0.1) is 6.21 Å². The molecular weight excluding hydrogens is 254 g/mol. The summed E-state index contributed by atoms with van der Waals surface area (Å²) >= 11 is 0. The van der Waals surface area contributed by atoms with Gasteiger partial charge in [-0.05, 0) is 42.6 Å². The van der Waals surface area contributed by atoms with Gasteiger partial charge in [-0.25, -0.2) is 5.43 Å². The summed E-state index contributed by atoms with van der Waals surface area (Å²) in [6, 6.07) is 0. The van der Waals surface area contributed by atoms with E-state index in [9.17, 15) is 4.79 Å². The van der Waals surface area contributed by atoms with Gasteiger partial charge in [0.15, 0.2) is 0 Å². The van der Waals surface area contributed by atoms with Crippen LogP contribution in [0.4, 0.5) is 5.95 Å². The van der Waals surface area contributed by atoms with Crippen molar-refractivity contribution < 1.29 is 0 Å². The fourth-order valence-electron chi connectivity index (χ4n) is 3.16. The molecule has 6 heteroatoms. The number of allylic oxidation sites excluding steroid dienone is 2. The lowest BCUT2D eigenvalue weighted by atomic mass is 9.49. The zero-order chi connectivity index (χ0) is 14.3. The first kappa shape index (κ1) is 13.0. The Kier molecular flexibility index (Phi) is 2.96. The summed E-state index contributed by atoms with van der Waals surface area (Å²) in [6.45, 7) is 6.26. The SMILES string of the molecule is Cc1nnc(N/N=C\C2=CC[C@H]3C[C@H]2C3(C)C)[nH]c1=O. The van der Waals surface area contributed by atoms with Crippen LogP contribution < -0.4 is 11.0 Å². The van der Waals surface area contributed by atoms with Crippen LogP contribution in [-0.2, 0) is 0 Å². The highest BCUT2D eigenvalue weighted by Gasteiger charge is 2.50. The Morgan fingerprint density at radius 3 is 2.95 bits per heavy atom. The van der Waals surface area contributed by atoms with Crippen molar-refractivity contribution in [1.82, 2.24) is 15.2 Å². The average Bonchev–Trinajstić information content (AvgIpc) is 2.43. The quantitative estimate of drug-likeness (QED) is 0.650. The second-order valence-corrected chi connectivity index (χ2v) is 6.20. The standard InChI is InChI=1S/C14H19N5O/c1-8-12(20)16-13(19-17-8)18-15-7-9-4-5-10-6-11(9)14(10,2)3/h4,7,10-11H,5-6H2,1-3H3,(H2,16,18,19,20)/b15-7-/t10-,11+/m0/s1. The number of aryl methyl sites for hydroxylation is 1. The van der Waals surface area contributed by atoms with Gasteiger partial charge in [0.25, 0.3) is 5.56 Å². The second-order valence-electron chi connectivity index (χ2n) is 6.20. The van der Waals surface area contributed by atoms with Crippen LogP contribution in [0.25, 0.3) is 0 Å². The van der Waals surface area contributed by atoms with E-state index in [0.717, 1.165) is 12.3 Å². The number of aromatic nitrogens is 3. The van der Waals surface area contributed by atoms with E-state index in [1.54, 1.807) is 6.92 Å². The molecule has 3 aliphatic rings. The number of rotatable bonds is 3. The second kappa shape index (κ2) is 4.54. The third-order valence-electron chi connectivity index (χ3n) is 4.76. The van der Waals surface area contributed by atoms with E-state index in [4.69, 9.17) is 0 Å². The summed E-state index contributed by atoms with van der Waals surface area (Å²) in [4.78, 5) is 14.0. The predicted molar refractivity (Wildman–Crippen MR) is 77.6 cm³/mol. The van der Waals surface area contributed by atoms with Crippen LogP contribution in [0.5, 0.6) is 0 Å². The lowest BCUT2D eigenvalue weighted by Gasteiger charge is -2.55. The molecule has 0 radical (unpaired) electrons. The maximum absolute atomic E-state index is 11.4. The molecule has 6 nitrogen and oxygen atoms in total. The summed E-state index contributed by atoms with van der Waals surface area (Å²) < 4.78 is 0. The topological polar surface area (TPSA) is 83.0 Å². The highest BCUT2D eigenvalue weighted by Crippen LogP contribution is 2.58. The Labute approximate surface area is 117 Å². The maximum atomic E-state index is 11.4. The van der Waals surface area contributed by atoms with Crippen molar-refractivity contribution >= 4 is 12.2 Å². The van der Waals surface area contributed by atoms with Crippen molar-refractivity contribution in [3.63, 3.8) is 0 Å². The molecule has 3 aliphatic carbocycles. The summed E-state index contributed by atoms with van der Waals surface area (Å²) in [5.74, 6) is 1.67. The van der Waals surface area contributed by atoms with Crippen molar-refractivity contribution in [1.29, 1.82) is 0 Å². The molecule has 0 saturated heterocycles. The van der Waals surface area contributed by atoms with E-state index in [2.05, 4.69) is 45.6 Å². The van der Waals surface area contributed by atoms with Crippen LogP contribution in [0.3, 0.4) is 0 Å². The molecule has 20 heavy (non-hydrogen) atoms. The maximum Gasteiger partial charge on any atom is 0.274 e. The number of hydrogen-bond acceptors (Lipinski definition) is 5. The van der Waals surface area contributed by atoms with E-state index < -0.39 is 0 Å². The third kappa shape index (κ3) is 2.05. The van der Waals surface area contributed by atoms with Crippen LogP contribution in [0.1, 0.15) is 32.4 Å². The van der Waals surface area contributed by atoms with Crippen molar-refractivity contribution in [3.8, 4) is 0 Å². The molecule has 1 fully saturated rings. The van der Waals surface area contributed by atoms with Gasteiger partial charge >= 0.3 is 0 Å². The minimum atomic E-state index is -0.252.